The van der Waals surface area contributed by atoms with Crippen LogP contribution < -0.4 is 9.80 Å². The van der Waals surface area contributed by atoms with Crippen molar-refractivity contribution >= 4 is 11.4 Å². The average Bonchev–Trinajstić information content (AvgIpc) is 2.87. The van der Waals surface area contributed by atoms with Crippen LogP contribution in [-0.2, 0) is 32.7 Å². The minimum Gasteiger partial charge on any atom is -0.428 e. The predicted molar refractivity (Wildman–Crippen MR) is 136 cm³/mol. The molecule has 0 bridgehead atoms. The summed E-state index contributed by atoms with van der Waals surface area (Å²) in [7, 11) is 8.07. The van der Waals surface area contributed by atoms with Gasteiger partial charge in [-0.3, -0.25) is 0 Å². The van der Waals surface area contributed by atoms with Crippen LogP contribution >= 0.6 is 0 Å². The van der Waals surface area contributed by atoms with Gasteiger partial charge < -0.3 is 9.80 Å². The van der Waals surface area contributed by atoms with Gasteiger partial charge in [-0.2, -0.15) is 64.9 Å². The molecule has 0 heterocycles. The number of anilines is 2. The third-order valence-electron chi connectivity index (χ3n) is 5.76. The van der Waals surface area contributed by atoms with Gasteiger partial charge in [0.25, 0.3) is 0 Å². The van der Waals surface area contributed by atoms with Crippen molar-refractivity contribution in [3.05, 3.63) is 101 Å². The summed E-state index contributed by atoms with van der Waals surface area (Å²) in [5, 5.41) is 0. The second kappa shape index (κ2) is 13.6. The minimum absolute atomic E-state index is 0. The van der Waals surface area contributed by atoms with Gasteiger partial charge in [-0.1, -0.05) is 70.3 Å². The normalized spacial score (nSPS) is 9.45. The van der Waals surface area contributed by atoms with E-state index in [0.29, 0.717) is 0 Å². The molecular formula is C28H39N2Y. The summed E-state index contributed by atoms with van der Waals surface area (Å²) in [6.07, 6.45) is 0. The molecule has 0 aromatic heterocycles. The maximum Gasteiger partial charge on any atom is 3.00 e. The average molecular weight is 493 g/mol. The first-order chi connectivity index (χ1) is 14.0. The fraction of sp³-hybridized carbons (Fsp3) is 0.321. The third-order valence-corrected chi connectivity index (χ3v) is 5.76. The SMILES string of the molecule is Cc1c(C)c(C)[c-](C)c1C.[CH2-]c1ccccc1N(C)C.[CH2-]c1ccccc1N(C)C.[Y+3]. The van der Waals surface area contributed by atoms with Gasteiger partial charge in [0.05, 0.1) is 0 Å². The van der Waals surface area contributed by atoms with Gasteiger partial charge in [-0.05, 0) is 28.2 Å². The summed E-state index contributed by atoms with van der Waals surface area (Å²) in [5.74, 6) is 0. The molecule has 0 aliphatic carbocycles. The van der Waals surface area contributed by atoms with E-state index in [0.717, 1.165) is 11.1 Å². The Bertz CT molecular complexity index is 806. The van der Waals surface area contributed by atoms with E-state index in [2.05, 4.69) is 70.4 Å². The monoisotopic (exact) mass is 492 g/mol. The maximum absolute atomic E-state index is 3.90. The Morgan fingerprint density at radius 2 is 0.903 bits per heavy atom. The summed E-state index contributed by atoms with van der Waals surface area (Å²) < 4.78 is 0. The van der Waals surface area contributed by atoms with Crippen LogP contribution in [0.25, 0.3) is 0 Å². The second-order valence-electron chi connectivity index (χ2n) is 8.17. The first-order valence-electron chi connectivity index (χ1n) is 10.3. The fourth-order valence-corrected chi connectivity index (χ4v) is 3.30. The van der Waals surface area contributed by atoms with E-state index in [1.807, 2.05) is 64.6 Å². The van der Waals surface area contributed by atoms with Crippen LogP contribution in [0.1, 0.15) is 38.9 Å². The topological polar surface area (TPSA) is 6.48 Å². The zero-order chi connectivity index (χ0) is 23.0. The Labute approximate surface area is 216 Å². The van der Waals surface area contributed by atoms with Crippen LogP contribution in [0, 0.1) is 48.5 Å². The smallest absolute Gasteiger partial charge is 0.428 e. The third kappa shape index (κ3) is 8.35. The molecule has 0 aliphatic heterocycles. The van der Waals surface area contributed by atoms with Crippen LogP contribution in [0.2, 0.25) is 0 Å². The molecule has 0 N–H and O–H groups in total. The summed E-state index contributed by atoms with van der Waals surface area (Å²) in [5.41, 5.74) is 11.9. The molecule has 0 saturated carbocycles. The van der Waals surface area contributed by atoms with Crippen LogP contribution in [0.15, 0.2) is 48.5 Å². The zero-order valence-electron chi connectivity index (χ0n) is 21.0. The Morgan fingerprint density at radius 1 is 0.613 bits per heavy atom. The van der Waals surface area contributed by atoms with Crippen molar-refractivity contribution in [2.45, 2.75) is 34.6 Å². The van der Waals surface area contributed by atoms with Gasteiger partial charge in [-0.15, -0.1) is 12.1 Å². The van der Waals surface area contributed by atoms with Gasteiger partial charge in [0.1, 0.15) is 0 Å². The molecule has 0 amide bonds. The quantitative estimate of drug-likeness (QED) is 0.363. The Morgan fingerprint density at radius 3 is 1.06 bits per heavy atom. The van der Waals surface area contributed by atoms with E-state index in [4.69, 9.17) is 0 Å². The Balaban J connectivity index is 0.000000429. The van der Waals surface area contributed by atoms with Crippen molar-refractivity contribution in [3.63, 3.8) is 0 Å². The van der Waals surface area contributed by atoms with Crippen molar-refractivity contribution in [3.8, 4) is 0 Å². The first kappa shape index (κ1) is 29.2. The molecule has 164 valence electrons. The molecule has 0 fully saturated rings. The first-order valence-corrected chi connectivity index (χ1v) is 10.3. The van der Waals surface area contributed by atoms with Crippen molar-refractivity contribution < 1.29 is 32.7 Å². The molecule has 3 rings (SSSR count). The summed E-state index contributed by atoms with van der Waals surface area (Å²) in [6, 6.07) is 16.2. The number of hydrogen-bond donors (Lipinski definition) is 0. The van der Waals surface area contributed by atoms with Crippen molar-refractivity contribution in [2.24, 2.45) is 0 Å². The van der Waals surface area contributed by atoms with E-state index >= 15 is 0 Å². The van der Waals surface area contributed by atoms with Gasteiger partial charge in [-0.25, -0.2) is 0 Å². The van der Waals surface area contributed by atoms with Gasteiger partial charge >= 0.3 is 32.7 Å². The molecule has 0 atom stereocenters. The van der Waals surface area contributed by atoms with Crippen molar-refractivity contribution in [1.82, 2.24) is 0 Å². The summed E-state index contributed by atoms with van der Waals surface area (Å²) >= 11 is 0. The zero-order valence-corrected chi connectivity index (χ0v) is 23.8. The van der Waals surface area contributed by atoms with E-state index in [1.54, 1.807) is 0 Å². The van der Waals surface area contributed by atoms with E-state index in [9.17, 15) is 0 Å². The molecule has 31 heavy (non-hydrogen) atoms. The summed E-state index contributed by atoms with van der Waals surface area (Å²) in [6.45, 7) is 18.8. The number of nitrogens with zero attached hydrogens (tertiary/aromatic N) is 2. The minimum atomic E-state index is 0. The van der Waals surface area contributed by atoms with Crippen LogP contribution in [0.4, 0.5) is 11.4 Å². The molecule has 0 radical (unpaired) electrons. The van der Waals surface area contributed by atoms with Gasteiger partial charge in [0.2, 0.25) is 0 Å². The molecule has 0 saturated heterocycles. The number of para-hydroxylation sites is 2. The van der Waals surface area contributed by atoms with E-state index < -0.39 is 0 Å². The Hall–Kier alpha value is -1.77. The molecule has 0 aliphatic rings. The molecule has 3 heteroatoms. The van der Waals surface area contributed by atoms with E-state index in [-0.39, 0.29) is 32.7 Å². The number of benzene rings is 2. The van der Waals surface area contributed by atoms with Crippen LogP contribution in [0.5, 0.6) is 0 Å². The van der Waals surface area contributed by atoms with Crippen molar-refractivity contribution in [1.29, 1.82) is 0 Å². The predicted octanol–water partition coefficient (Wildman–Crippen LogP) is 6.81. The summed E-state index contributed by atoms with van der Waals surface area (Å²) in [4.78, 5) is 4.12. The molecule has 0 unspecified atom stereocenters. The molecule has 3 aromatic carbocycles. The maximum atomic E-state index is 3.90. The van der Waals surface area contributed by atoms with Gasteiger partial charge in [0, 0.05) is 0 Å². The standard InChI is InChI=1S/C10H15.2C9H12N.Y/c1-6-7(2)9(4)10(5)8(6)3;2*1-8-6-4-5-7-9(8)10(2)3;/h1-5H3;2*4-7H,1H2,2-3H3;/q3*-1;+3. The Kier molecular flexibility index (Phi) is 12.8. The molecule has 3 aromatic rings. The van der Waals surface area contributed by atoms with Crippen molar-refractivity contribution in [2.75, 3.05) is 38.0 Å². The molecule has 0 spiro atoms. The van der Waals surface area contributed by atoms with E-state index in [1.165, 1.54) is 39.2 Å². The molecule has 2 nitrogen and oxygen atoms in total. The number of hydrogen-bond acceptors (Lipinski definition) is 2. The number of rotatable bonds is 2. The largest absolute Gasteiger partial charge is 3.00 e. The fourth-order valence-electron chi connectivity index (χ4n) is 3.30. The van der Waals surface area contributed by atoms with Crippen LogP contribution in [0.3, 0.4) is 0 Å². The second-order valence-corrected chi connectivity index (χ2v) is 8.17. The van der Waals surface area contributed by atoms with Gasteiger partial charge in [0.15, 0.2) is 0 Å². The van der Waals surface area contributed by atoms with Crippen LogP contribution in [-0.4, -0.2) is 28.2 Å². The molecular weight excluding hydrogens is 453 g/mol.